The van der Waals surface area contributed by atoms with Crippen molar-refractivity contribution in [2.45, 2.75) is 32.2 Å². The van der Waals surface area contributed by atoms with Gasteiger partial charge in [-0.3, -0.25) is 9.59 Å². The molecular formula is C16H22N2O2. The predicted molar refractivity (Wildman–Crippen MR) is 78.1 cm³/mol. The average molecular weight is 274 g/mol. The van der Waals surface area contributed by atoms with Gasteiger partial charge in [-0.25, -0.2) is 0 Å². The maximum absolute atomic E-state index is 12.0. The number of amides is 2. The summed E-state index contributed by atoms with van der Waals surface area (Å²) in [6.45, 7) is 2.15. The van der Waals surface area contributed by atoms with Crippen LogP contribution in [-0.2, 0) is 16.0 Å². The van der Waals surface area contributed by atoms with Crippen LogP contribution in [0.2, 0.25) is 0 Å². The molecule has 1 atom stereocenters. The molecule has 1 saturated carbocycles. The molecule has 1 aliphatic rings. The summed E-state index contributed by atoms with van der Waals surface area (Å²) in [4.78, 5) is 25.5. The molecule has 108 valence electrons. The van der Waals surface area contributed by atoms with Crippen LogP contribution in [0.4, 0.5) is 0 Å². The van der Waals surface area contributed by atoms with Crippen LogP contribution in [0.5, 0.6) is 0 Å². The minimum Gasteiger partial charge on any atom is -0.347 e. The van der Waals surface area contributed by atoms with E-state index >= 15 is 0 Å². The highest BCUT2D eigenvalue weighted by atomic mass is 16.2. The van der Waals surface area contributed by atoms with Crippen LogP contribution in [0.1, 0.15) is 25.3 Å². The van der Waals surface area contributed by atoms with Crippen LogP contribution < -0.4 is 5.32 Å². The molecule has 2 rings (SSSR count). The van der Waals surface area contributed by atoms with Crippen LogP contribution >= 0.6 is 0 Å². The van der Waals surface area contributed by atoms with Crippen molar-refractivity contribution >= 4 is 11.8 Å². The summed E-state index contributed by atoms with van der Waals surface area (Å²) in [6.07, 6.45) is 2.73. The van der Waals surface area contributed by atoms with Crippen LogP contribution in [0, 0.1) is 5.92 Å². The van der Waals surface area contributed by atoms with Crippen molar-refractivity contribution in [3.8, 4) is 0 Å². The summed E-state index contributed by atoms with van der Waals surface area (Å²) in [5.41, 5.74) is 0.956. The number of likely N-dealkylation sites (N-methyl/N-ethyl adjacent to an activating group) is 1. The molecule has 2 amide bonds. The molecular weight excluding hydrogens is 252 g/mol. The van der Waals surface area contributed by atoms with Crippen molar-refractivity contribution < 1.29 is 9.59 Å². The molecule has 1 N–H and O–H groups in total. The molecule has 4 nitrogen and oxygen atoms in total. The quantitative estimate of drug-likeness (QED) is 0.856. The Morgan fingerprint density at radius 3 is 2.55 bits per heavy atom. The van der Waals surface area contributed by atoms with Crippen LogP contribution in [0.3, 0.4) is 0 Å². The maximum atomic E-state index is 12.0. The Bertz CT molecular complexity index is 469. The maximum Gasteiger partial charge on any atom is 0.241 e. The average Bonchev–Trinajstić information content (AvgIpc) is 3.29. The van der Waals surface area contributed by atoms with Crippen molar-refractivity contribution in [3.63, 3.8) is 0 Å². The second-order valence-corrected chi connectivity index (χ2v) is 5.52. The van der Waals surface area contributed by atoms with E-state index in [1.54, 1.807) is 4.90 Å². The highest BCUT2D eigenvalue weighted by molar-refractivity contribution is 5.85. The Labute approximate surface area is 120 Å². The Hall–Kier alpha value is -1.84. The van der Waals surface area contributed by atoms with Crippen molar-refractivity contribution in [1.29, 1.82) is 0 Å². The Morgan fingerprint density at radius 1 is 1.30 bits per heavy atom. The van der Waals surface area contributed by atoms with Crippen molar-refractivity contribution in [1.82, 2.24) is 10.2 Å². The Kier molecular flexibility index (Phi) is 4.77. The zero-order valence-electron chi connectivity index (χ0n) is 12.1. The van der Waals surface area contributed by atoms with Crippen molar-refractivity contribution in [2.24, 2.45) is 5.92 Å². The second kappa shape index (κ2) is 6.55. The number of hydrogen-bond donors (Lipinski definition) is 1. The van der Waals surface area contributed by atoms with E-state index in [9.17, 15) is 9.59 Å². The van der Waals surface area contributed by atoms with Gasteiger partial charge in [0, 0.05) is 13.1 Å². The van der Waals surface area contributed by atoms with E-state index < -0.39 is 0 Å². The lowest BCUT2D eigenvalue weighted by Crippen LogP contribution is -2.43. The smallest absolute Gasteiger partial charge is 0.241 e. The van der Waals surface area contributed by atoms with Gasteiger partial charge in [-0.2, -0.15) is 0 Å². The lowest BCUT2D eigenvalue weighted by Gasteiger charge is -2.25. The molecule has 1 fully saturated rings. The van der Waals surface area contributed by atoms with Crippen molar-refractivity contribution in [2.75, 3.05) is 13.6 Å². The summed E-state index contributed by atoms with van der Waals surface area (Å²) in [5.74, 6) is 0.506. The lowest BCUT2D eigenvalue weighted by molar-refractivity contribution is -0.133. The van der Waals surface area contributed by atoms with Gasteiger partial charge in [0.1, 0.15) is 0 Å². The number of nitrogens with one attached hydrogen (secondary N) is 1. The van der Waals surface area contributed by atoms with Gasteiger partial charge in [-0.05, 0) is 31.2 Å². The van der Waals surface area contributed by atoms with E-state index in [-0.39, 0.29) is 24.4 Å². The van der Waals surface area contributed by atoms with E-state index in [1.165, 1.54) is 12.8 Å². The summed E-state index contributed by atoms with van der Waals surface area (Å²) >= 11 is 0. The van der Waals surface area contributed by atoms with Gasteiger partial charge in [-0.1, -0.05) is 30.3 Å². The second-order valence-electron chi connectivity index (χ2n) is 5.52. The normalized spacial score (nSPS) is 15.5. The molecule has 1 aromatic carbocycles. The van der Waals surface area contributed by atoms with E-state index in [1.807, 2.05) is 37.4 Å². The van der Waals surface area contributed by atoms with Gasteiger partial charge in [0.2, 0.25) is 11.8 Å². The minimum atomic E-state index is -0.114. The fourth-order valence-electron chi connectivity index (χ4n) is 2.26. The van der Waals surface area contributed by atoms with Crippen LogP contribution in [-0.4, -0.2) is 36.3 Å². The molecule has 1 aliphatic carbocycles. The summed E-state index contributed by atoms with van der Waals surface area (Å²) < 4.78 is 0. The monoisotopic (exact) mass is 274 g/mol. The van der Waals surface area contributed by atoms with E-state index in [0.29, 0.717) is 12.3 Å². The third-order valence-corrected chi connectivity index (χ3v) is 3.95. The standard InChI is InChI=1S/C16H22N2O2/c1-12(14-8-9-14)18(2)16(20)11-17-15(19)10-13-6-4-3-5-7-13/h3-7,12,14H,8-11H2,1-2H3,(H,17,19). The number of rotatable bonds is 6. The molecule has 0 aromatic heterocycles. The largest absolute Gasteiger partial charge is 0.347 e. The van der Waals surface area contributed by atoms with Gasteiger partial charge in [0.25, 0.3) is 0 Å². The van der Waals surface area contributed by atoms with Gasteiger partial charge >= 0.3 is 0 Å². The topological polar surface area (TPSA) is 49.4 Å². The lowest BCUT2D eigenvalue weighted by atomic mass is 10.1. The number of carbonyl (C=O) groups excluding carboxylic acids is 2. The molecule has 1 aromatic rings. The first-order valence-corrected chi connectivity index (χ1v) is 7.14. The molecule has 20 heavy (non-hydrogen) atoms. The summed E-state index contributed by atoms with van der Waals surface area (Å²) in [5, 5.41) is 2.70. The highest BCUT2D eigenvalue weighted by Crippen LogP contribution is 2.34. The van der Waals surface area contributed by atoms with Gasteiger partial charge < -0.3 is 10.2 Å². The van der Waals surface area contributed by atoms with Crippen LogP contribution in [0.25, 0.3) is 0 Å². The fraction of sp³-hybridized carbons (Fsp3) is 0.500. The molecule has 0 radical (unpaired) electrons. The zero-order valence-corrected chi connectivity index (χ0v) is 12.1. The zero-order chi connectivity index (χ0) is 14.5. The van der Waals surface area contributed by atoms with E-state index in [4.69, 9.17) is 0 Å². The number of hydrogen-bond acceptors (Lipinski definition) is 2. The number of benzene rings is 1. The predicted octanol–water partition coefficient (Wildman–Crippen LogP) is 1.60. The van der Waals surface area contributed by atoms with Crippen LogP contribution in [0.15, 0.2) is 30.3 Å². The Balaban J connectivity index is 1.73. The molecule has 0 spiro atoms. The fourth-order valence-corrected chi connectivity index (χ4v) is 2.26. The SMILES string of the molecule is CC(C1CC1)N(C)C(=O)CNC(=O)Cc1ccccc1. The molecule has 0 saturated heterocycles. The summed E-state index contributed by atoms with van der Waals surface area (Å²) in [7, 11) is 1.81. The molecule has 1 unspecified atom stereocenters. The first-order chi connectivity index (χ1) is 9.58. The molecule has 0 heterocycles. The first-order valence-electron chi connectivity index (χ1n) is 7.14. The third-order valence-electron chi connectivity index (χ3n) is 3.95. The Morgan fingerprint density at radius 2 is 1.95 bits per heavy atom. The molecule has 0 bridgehead atoms. The molecule has 4 heteroatoms. The number of nitrogens with zero attached hydrogens (tertiary/aromatic N) is 1. The van der Waals surface area contributed by atoms with Gasteiger partial charge in [0.15, 0.2) is 0 Å². The van der Waals surface area contributed by atoms with E-state index in [2.05, 4.69) is 12.2 Å². The van der Waals surface area contributed by atoms with Gasteiger partial charge in [-0.15, -0.1) is 0 Å². The third kappa shape index (κ3) is 4.08. The number of carbonyl (C=O) groups is 2. The molecule has 0 aliphatic heterocycles. The van der Waals surface area contributed by atoms with Gasteiger partial charge in [0.05, 0.1) is 13.0 Å². The minimum absolute atomic E-state index is 0.0224. The summed E-state index contributed by atoms with van der Waals surface area (Å²) in [6, 6.07) is 9.80. The van der Waals surface area contributed by atoms with E-state index in [0.717, 1.165) is 5.56 Å². The van der Waals surface area contributed by atoms with Crippen molar-refractivity contribution in [3.05, 3.63) is 35.9 Å². The first kappa shape index (κ1) is 14.6. The highest BCUT2D eigenvalue weighted by Gasteiger charge is 2.32.